The van der Waals surface area contributed by atoms with Crippen LogP contribution >= 0.6 is 11.3 Å². The average molecular weight is 726 g/mol. The average Bonchev–Trinajstić information content (AvgIpc) is 3.58. The van der Waals surface area contributed by atoms with E-state index in [4.69, 9.17) is 0 Å². The van der Waals surface area contributed by atoms with Gasteiger partial charge in [-0.25, -0.2) is 13.2 Å². The van der Waals surface area contributed by atoms with Gasteiger partial charge in [0.25, 0.3) is 0 Å². The highest BCUT2D eigenvalue weighted by Crippen LogP contribution is 2.15. The standard InChI is InChI=1S/C34H39N5O9S2/c1-50(47,48)17-15-25-31(42)38-26(18-21-6-3-2-4-7-21)32(43)39-28(34(45)46)19-22-9-11-23(12-10-22)35-29(40)13-14-30(41)36-27(33(44)37-25)20-24-8-5-16-49-24/h2-12,16,25-28H,13-15,17-20H2,1H3,(H,35,40)(H,36,41)(H,37,44)(H,38,42)(H,39,43)(H,45,46)/t25-,26+,27+,28-/m0/s1. The van der Waals surface area contributed by atoms with Crippen LogP contribution in [0.1, 0.15) is 35.3 Å². The van der Waals surface area contributed by atoms with Crippen molar-refractivity contribution in [3.05, 3.63) is 88.1 Å². The predicted octanol–water partition coefficient (Wildman–Crippen LogP) is 0.967. The third-order valence-electron chi connectivity index (χ3n) is 7.83. The molecule has 3 aromatic rings. The second-order valence-corrected chi connectivity index (χ2v) is 15.3. The van der Waals surface area contributed by atoms with E-state index in [9.17, 15) is 42.3 Å². The second kappa shape index (κ2) is 17.5. The largest absolute Gasteiger partial charge is 0.480 e. The summed E-state index contributed by atoms with van der Waals surface area (Å²) in [6.07, 6.45) is 0.0139. The fourth-order valence-electron chi connectivity index (χ4n) is 5.19. The highest BCUT2D eigenvalue weighted by molar-refractivity contribution is 7.90. The van der Waals surface area contributed by atoms with Crippen molar-refractivity contribution in [2.24, 2.45) is 0 Å². The molecule has 1 aromatic heterocycles. The van der Waals surface area contributed by atoms with E-state index in [1.165, 1.54) is 11.3 Å². The van der Waals surface area contributed by atoms with Crippen LogP contribution in [0.3, 0.4) is 0 Å². The molecule has 5 rings (SSSR count). The van der Waals surface area contributed by atoms with Crippen LogP contribution in [0.15, 0.2) is 72.1 Å². The molecule has 0 radical (unpaired) electrons. The maximum Gasteiger partial charge on any atom is 0.326 e. The Bertz CT molecular complexity index is 1780. The Kier molecular flexibility index (Phi) is 13.2. The van der Waals surface area contributed by atoms with Gasteiger partial charge in [-0.1, -0.05) is 48.5 Å². The molecule has 16 heteroatoms. The van der Waals surface area contributed by atoms with Crippen LogP contribution in [0, 0.1) is 0 Å². The van der Waals surface area contributed by atoms with Crippen molar-refractivity contribution in [1.29, 1.82) is 0 Å². The Hall–Kier alpha value is -5.09. The van der Waals surface area contributed by atoms with E-state index in [2.05, 4.69) is 26.6 Å². The summed E-state index contributed by atoms with van der Waals surface area (Å²) in [5.74, 6) is -5.38. The van der Waals surface area contributed by atoms with Crippen LogP contribution < -0.4 is 26.6 Å². The first-order valence-electron chi connectivity index (χ1n) is 15.8. The van der Waals surface area contributed by atoms with Gasteiger partial charge in [-0.15, -0.1) is 11.3 Å². The minimum Gasteiger partial charge on any atom is -0.480 e. The molecule has 2 aromatic carbocycles. The lowest BCUT2D eigenvalue weighted by Crippen LogP contribution is -2.58. The number of amides is 5. The van der Waals surface area contributed by atoms with E-state index >= 15 is 0 Å². The molecule has 0 saturated carbocycles. The third-order valence-corrected chi connectivity index (χ3v) is 9.71. The van der Waals surface area contributed by atoms with Gasteiger partial charge < -0.3 is 31.7 Å². The van der Waals surface area contributed by atoms with Gasteiger partial charge in [0, 0.05) is 48.9 Å². The van der Waals surface area contributed by atoms with Crippen molar-refractivity contribution in [3.63, 3.8) is 0 Å². The summed E-state index contributed by atoms with van der Waals surface area (Å²) in [5, 5.41) is 24.7. The summed E-state index contributed by atoms with van der Waals surface area (Å²) in [7, 11) is -3.61. The fraction of sp³-hybridized carbons (Fsp3) is 0.353. The highest BCUT2D eigenvalue weighted by Gasteiger charge is 2.32. The molecule has 0 fully saturated rings. The minimum absolute atomic E-state index is 0.0455. The molecule has 2 aliphatic heterocycles. The first-order chi connectivity index (χ1) is 23.8. The third kappa shape index (κ3) is 12.1. The number of hydrogen-bond donors (Lipinski definition) is 6. The summed E-state index contributed by atoms with van der Waals surface area (Å²) in [4.78, 5) is 79.8. The number of sulfone groups is 1. The van der Waals surface area contributed by atoms with Gasteiger partial charge in [-0.05, 0) is 41.1 Å². The molecule has 0 spiro atoms. The molecule has 3 heterocycles. The Morgan fingerprint density at radius 2 is 1.38 bits per heavy atom. The quantitative estimate of drug-likeness (QED) is 0.182. The van der Waals surface area contributed by atoms with Crippen LogP contribution in [0.5, 0.6) is 0 Å². The summed E-state index contributed by atoms with van der Waals surface area (Å²) >= 11 is 1.34. The molecule has 2 bridgehead atoms. The zero-order chi connectivity index (χ0) is 36.3. The monoisotopic (exact) mass is 725 g/mol. The number of carboxylic acids is 1. The van der Waals surface area contributed by atoms with Crippen molar-refractivity contribution < 1.29 is 42.3 Å². The van der Waals surface area contributed by atoms with Gasteiger partial charge in [0.2, 0.25) is 29.5 Å². The first kappa shape index (κ1) is 37.7. The summed E-state index contributed by atoms with van der Waals surface area (Å²) in [5.41, 5.74) is 1.57. The van der Waals surface area contributed by atoms with Gasteiger partial charge in [0.05, 0.1) is 5.75 Å². The van der Waals surface area contributed by atoms with Gasteiger partial charge in [0.1, 0.15) is 34.0 Å². The molecule has 5 amide bonds. The molecule has 2 aliphatic rings. The molecule has 4 atom stereocenters. The van der Waals surface area contributed by atoms with Gasteiger partial charge in [0.15, 0.2) is 0 Å². The van der Waals surface area contributed by atoms with Crippen LogP contribution in [0.2, 0.25) is 0 Å². The molecular formula is C34H39N5O9S2. The maximum absolute atomic E-state index is 13.8. The fourth-order valence-corrected chi connectivity index (χ4v) is 6.61. The number of hydrogen-bond acceptors (Lipinski definition) is 9. The number of benzene rings is 2. The molecule has 50 heavy (non-hydrogen) atoms. The SMILES string of the molecule is CS(=O)(=O)CC[C@@H]1NC(=O)[C@@H](Cc2cccs2)NC(=O)CCC(=O)Nc2ccc(cc2)C[C@@H](C(=O)O)NC(=O)[C@@H](Cc2ccccc2)NC1=O. The zero-order valence-electron chi connectivity index (χ0n) is 27.2. The Labute approximate surface area is 293 Å². The van der Waals surface area contributed by atoms with Gasteiger partial charge in [-0.3, -0.25) is 24.0 Å². The zero-order valence-corrected chi connectivity index (χ0v) is 28.9. The lowest BCUT2D eigenvalue weighted by Gasteiger charge is -2.26. The van der Waals surface area contributed by atoms with E-state index in [0.717, 1.165) is 11.1 Å². The number of nitrogens with one attached hydrogen (secondary N) is 5. The maximum atomic E-state index is 13.8. The number of aliphatic carboxylic acids is 1. The van der Waals surface area contributed by atoms with Crippen LogP contribution in [0.25, 0.3) is 0 Å². The molecule has 266 valence electrons. The molecular weight excluding hydrogens is 687 g/mol. The van der Waals surface area contributed by atoms with E-state index in [-0.39, 0.29) is 38.5 Å². The molecule has 0 saturated heterocycles. The Balaban J connectivity index is 1.70. The Morgan fingerprint density at radius 1 is 0.760 bits per heavy atom. The minimum atomic E-state index is -3.61. The topological polar surface area (TPSA) is 217 Å². The number of rotatable bonds is 8. The van der Waals surface area contributed by atoms with E-state index < -0.39 is 75.3 Å². The lowest BCUT2D eigenvalue weighted by molar-refractivity contribution is -0.142. The number of anilines is 1. The summed E-state index contributed by atoms with van der Waals surface area (Å²) in [6, 6.07) is 13.1. The smallest absolute Gasteiger partial charge is 0.326 e. The van der Waals surface area contributed by atoms with Crippen LogP contribution in [0.4, 0.5) is 5.69 Å². The summed E-state index contributed by atoms with van der Waals surface area (Å²) in [6.45, 7) is 0. The van der Waals surface area contributed by atoms with Crippen molar-refractivity contribution >= 4 is 62.4 Å². The van der Waals surface area contributed by atoms with E-state index in [1.54, 1.807) is 72.1 Å². The first-order valence-corrected chi connectivity index (χ1v) is 18.8. The van der Waals surface area contributed by atoms with Crippen molar-refractivity contribution in [2.45, 2.75) is 62.7 Å². The summed E-state index contributed by atoms with van der Waals surface area (Å²) < 4.78 is 24.2. The predicted molar refractivity (Wildman–Crippen MR) is 186 cm³/mol. The van der Waals surface area contributed by atoms with Crippen LogP contribution in [-0.4, -0.2) is 85.2 Å². The van der Waals surface area contributed by atoms with Gasteiger partial charge >= 0.3 is 5.97 Å². The number of carbonyl (C=O) groups is 6. The van der Waals surface area contributed by atoms with Crippen molar-refractivity contribution in [1.82, 2.24) is 21.3 Å². The highest BCUT2D eigenvalue weighted by atomic mass is 32.2. The molecule has 0 aliphatic carbocycles. The normalized spacial score (nSPS) is 21.5. The van der Waals surface area contributed by atoms with Crippen molar-refractivity contribution in [3.8, 4) is 0 Å². The van der Waals surface area contributed by atoms with E-state index in [0.29, 0.717) is 16.8 Å². The number of thiophene rings is 1. The Morgan fingerprint density at radius 3 is 2.02 bits per heavy atom. The molecule has 14 nitrogen and oxygen atoms in total. The number of carbonyl (C=O) groups excluding carboxylic acids is 5. The second-order valence-electron chi connectivity index (χ2n) is 12.0. The molecule has 0 unspecified atom stereocenters. The lowest BCUT2D eigenvalue weighted by atomic mass is 10.0. The number of carboxylic acid groups (broad SMARTS) is 1. The van der Waals surface area contributed by atoms with Gasteiger partial charge in [-0.2, -0.15) is 0 Å². The van der Waals surface area contributed by atoms with E-state index in [1.807, 2.05) is 0 Å². The van der Waals surface area contributed by atoms with Crippen molar-refractivity contribution in [2.75, 3.05) is 17.3 Å². The number of fused-ring (bicyclic) bond motifs is 18. The molecule has 6 N–H and O–H groups in total. The van der Waals surface area contributed by atoms with Crippen LogP contribution in [-0.2, 0) is 57.9 Å².